The first-order chi connectivity index (χ1) is 14.7. The van der Waals surface area contributed by atoms with E-state index in [0.29, 0.717) is 12.8 Å². The van der Waals surface area contributed by atoms with Crippen LogP contribution in [0.4, 0.5) is 0 Å². The smallest absolute Gasteiger partial charge is 0.328 e. The highest BCUT2D eigenvalue weighted by molar-refractivity contribution is 5.87. The molecule has 1 N–H and O–H groups in total. The number of hydrogen-bond acceptors (Lipinski definition) is 3. The summed E-state index contributed by atoms with van der Waals surface area (Å²) in [6, 6.07) is 25.4. The highest BCUT2D eigenvalue weighted by atomic mass is 16.5. The van der Waals surface area contributed by atoms with Crippen molar-refractivity contribution in [3.63, 3.8) is 0 Å². The molecule has 0 saturated carbocycles. The van der Waals surface area contributed by atoms with Gasteiger partial charge in [0.1, 0.15) is 6.04 Å². The monoisotopic (exact) mass is 399 g/mol. The summed E-state index contributed by atoms with van der Waals surface area (Å²) in [7, 11) is 0. The molecule has 0 saturated heterocycles. The van der Waals surface area contributed by atoms with Gasteiger partial charge in [0, 0.05) is 18.8 Å². The van der Waals surface area contributed by atoms with E-state index in [0.717, 1.165) is 16.7 Å². The molecule has 152 valence electrons. The highest BCUT2D eigenvalue weighted by Gasteiger charge is 2.31. The molecule has 0 spiro atoms. The van der Waals surface area contributed by atoms with Crippen LogP contribution in [0.5, 0.6) is 0 Å². The summed E-state index contributed by atoms with van der Waals surface area (Å²) in [5.41, 5.74) is 5.65. The Morgan fingerprint density at radius 3 is 2.03 bits per heavy atom. The Hall–Kier alpha value is -3.40. The van der Waals surface area contributed by atoms with Crippen LogP contribution in [0, 0.1) is 0 Å². The molecule has 0 bridgehead atoms. The maximum Gasteiger partial charge on any atom is 0.328 e. The molecule has 1 atom stereocenters. The van der Waals surface area contributed by atoms with E-state index in [1.165, 1.54) is 11.1 Å². The molecule has 30 heavy (non-hydrogen) atoms. The molecule has 1 unspecified atom stereocenters. The van der Waals surface area contributed by atoms with Crippen LogP contribution >= 0.6 is 0 Å². The number of nitrogens with one attached hydrogen (secondary N) is 1. The van der Waals surface area contributed by atoms with E-state index in [-0.39, 0.29) is 18.4 Å². The Morgan fingerprint density at radius 2 is 1.43 bits per heavy atom. The third kappa shape index (κ3) is 4.13. The minimum Gasteiger partial charge on any atom is -0.464 e. The first-order valence-electron chi connectivity index (χ1n) is 10.4. The third-order valence-corrected chi connectivity index (χ3v) is 5.54. The van der Waals surface area contributed by atoms with Crippen LogP contribution in [0.2, 0.25) is 0 Å². The van der Waals surface area contributed by atoms with Gasteiger partial charge < -0.3 is 10.1 Å². The first-order valence-corrected chi connectivity index (χ1v) is 10.4. The lowest BCUT2D eigenvalue weighted by Crippen LogP contribution is -2.43. The topological polar surface area (TPSA) is 55.4 Å². The van der Waals surface area contributed by atoms with Gasteiger partial charge in [-0.05, 0) is 34.7 Å². The molecular weight excluding hydrogens is 374 g/mol. The predicted octanol–water partition coefficient (Wildman–Crippen LogP) is 4.48. The quantitative estimate of drug-likeness (QED) is 0.596. The standard InChI is InChI=1S/C26H25NO3/c1-2-30-26(29)24(16-18-10-4-3-5-11-18)27-25(28)17-23-21-14-8-6-12-19(21)20-13-7-9-15-22(20)23/h3-15,23-24H,2,16-17H2,1H3,(H,27,28). The summed E-state index contributed by atoms with van der Waals surface area (Å²) in [5.74, 6) is -0.570. The zero-order valence-corrected chi connectivity index (χ0v) is 17.0. The SMILES string of the molecule is CCOC(=O)C(Cc1ccccc1)NC(=O)CC1c2ccccc2-c2ccccc21. The highest BCUT2D eigenvalue weighted by Crippen LogP contribution is 2.45. The number of amides is 1. The van der Waals surface area contributed by atoms with Crippen molar-refractivity contribution >= 4 is 11.9 Å². The van der Waals surface area contributed by atoms with Crippen LogP contribution in [-0.4, -0.2) is 24.5 Å². The van der Waals surface area contributed by atoms with Crippen molar-refractivity contribution in [2.45, 2.75) is 31.7 Å². The molecule has 1 amide bonds. The average molecular weight is 399 g/mol. The largest absolute Gasteiger partial charge is 0.464 e. The van der Waals surface area contributed by atoms with Crippen molar-refractivity contribution < 1.29 is 14.3 Å². The van der Waals surface area contributed by atoms with Gasteiger partial charge in [-0.15, -0.1) is 0 Å². The van der Waals surface area contributed by atoms with Gasteiger partial charge in [-0.1, -0.05) is 78.9 Å². The van der Waals surface area contributed by atoms with E-state index < -0.39 is 12.0 Å². The lowest BCUT2D eigenvalue weighted by atomic mass is 9.93. The summed E-state index contributed by atoms with van der Waals surface area (Å²) >= 11 is 0. The number of esters is 1. The van der Waals surface area contributed by atoms with Gasteiger partial charge in [0.2, 0.25) is 5.91 Å². The average Bonchev–Trinajstić information content (AvgIpc) is 3.08. The van der Waals surface area contributed by atoms with Crippen LogP contribution in [0.15, 0.2) is 78.9 Å². The van der Waals surface area contributed by atoms with Crippen molar-refractivity contribution in [3.8, 4) is 11.1 Å². The first kappa shape index (κ1) is 19.9. The van der Waals surface area contributed by atoms with Gasteiger partial charge in [-0.25, -0.2) is 4.79 Å². The lowest BCUT2D eigenvalue weighted by molar-refractivity contribution is -0.147. The molecule has 4 rings (SSSR count). The van der Waals surface area contributed by atoms with E-state index in [1.54, 1.807) is 6.92 Å². The number of rotatable bonds is 7. The van der Waals surface area contributed by atoms with E-state index in [4.69, 9.17) is 4.74 Å². The summed E-state index contributed by atoms with van der Waals surface area (Å²) in [6.45, 7) is 2.05. The van der Waals surface area contributed by atoms with E-state index in [9.17, 15) is 9.59 Å². The lowest BCUT2D eigenvalue weighted by Gasteiger charge is -2.19. The van der Waals surface area contributed by atoms with Crippen molar-refractivity contribution in [2.24, 2.45) is 0 Å². The minimum atomic E-state index is -0.702. The third-order valence-electron chi connectivity index (χ3n) is 5.54. The zero-order chi connectivity index (χ0) is 20.9. The van der Waals surface area contributed by atoms with Gasteiger partial charge in [0.05, 0.1) is 6.61 Å². The molecule has 0 aromatic heterocycles. The van der Waals surface area contributed by atoms with Crippen LogP contribution in [0.3, 0.4) is 0 Å². The Kier molecular flexibility index (Phi) is 5.94. The van der Waals surface area contributed by atoms with Crippen molar-refractivity contribution in [1.29, 1.82) is 0 Å². The van der Waals surface area contributed by atoms with Crippen LogP contribution in [0.25, 0.3) is 11.1 Å². The predicted molar refractivity (Wildman–Crippen MR) is 117 cm³/mol. The molecular formula is C26H25NO3. The van der Waals surface area contributed by atoms with Gasteiger partial charge in [0.25, 0.3) is 0 Å². The number of fused-ring (bicyclic) bond motifs is 3. The van der Waals surface area contributed by atoms with Gasteiger partial charge in [-0.2, -0.15) is 0 Å². The van der Waals surface area contributed by atoms with Gasteiger partial charge in [-0.3, -0.25) is 4.79 Å². The molecule has 3 aromatic rings. The molecule has 3 aromatic carbocycles. The molecule has 0 radical (unpaired) electrons. The van der Waals surface area contributed by atoms with Crippen LogP contribution in [0.1, 0.15) is 36.0 Å². The van der Waals surface area contributed by atoms with Crippen molar-refractivity contribution in [3.05, 3.63) is 95.6 Å². The molecule has 0 fully saturated rings. The Bertz CT molecular complexity index is 999. The van der Waals surface area contributed by atoms with Gasteiger partial charge >= 0.3 is 5.97 Å². The Morgan fingerprint density at radius 1 is 0.867 bits per heavy atom. The zero-order valence-electron chi connectivity index (χ0n) is 17.0. The number of carbonyl (C=O) groups excluding carboxylic acids is 2. The number of carbonyl (C=O) groups is 2. The van der Waals surface area contributed by atoms with E-state index in [2.05, 4.69) is 29.6 Å². The Labute approximate surface area is 176 Å². The molecule has 4 heteroatoms. The molecule has 1 aliphatic rings. The fourth-order valence-corrected chi connectivity index (χ4v) is 4.20. The van der Waals surface area contributed by atoms with Gasteiger partial charge in [0.15, 0.2) is 0 Å². The summed E-state index contributed by atoms with van der Waals surface area (Å²) in [6.07, 6.45) is 0.696. The van der Waals surface area contributed by atoms with Crippen molar-refractivity contribution in [1.82, 2.24) is 5.32 Å². The fraction of sp³-hybridized carbons (Fsp3) is 0.231. The molecule has 4 nitrogen and oxygen atoms in total. The second kappa shape index (κ2) is 8.95. The summed E-state index contributed by atoms with van der Waals surface area (Å²) < 4.78 is 5.21. The van der Waals surface area contributed by atoms with E-state index in [1.807, 2.05) is 54.6 Å². The Balaban J connectivity index is 1.53. The second-order valence-corrected chi connectivity index (χ2v) is 7.49. The molecule has 0 heterocycles. The summed E-state index contributed by atoms with van der Waals surface area (Å²) in [4.78, 5) is 25.5. The molecule has 1 aliphatic carbocycles. The van der Waals surface area contributed by atoms with Crippen molar-refractivity contribution in [2.75, 3.05) is 6.61 Å². The normalized spacial score (nSPS) is 13.2. The fourth-order valence-electron chi connectivity index (χ4n) is 4.20. The molecule has 0 aliphatic heterocycles. The number of hydrogen-bond donors (Lipinski definition) is 1. The maximum atomic E-state index is 13.0. The van der Waals surface area contributed by atoms with Crippen LogP contribution in [-0.2, 0) is 20.7 Å². The minimum absolute atomic E-state index is 0.0167. The maximum absolute atomic E-state index is 13.0. The number of ether oxygens (including phenoxy) is 1. The number of benzene rings is 3. The second-order valence-electron chi connectivity index (χ2n) is 7.49. The van der Waals surface area contributed by atoms with E-state index >= 15 is 0 Å². The summed E-state index contributed by atoms with van der Waals surface area (Å²) in [5, 5.41) is 2.93. The van der Waals surface area contributed by atoms with Crippen LogP contribution < -0.4 is 5.32 Å².